The van der Waals surface area contributed by atoms with Crippen LogP contribution in [0.2, 0.25) is 0 Å². The summed E-state index contributed by atoms with van der Waals surface area (Å²) in [6.07, 6.45) is 23.5. The highest BCUT2D eigenvalue weighted by atomic mass is 16.3. The number of unbranched alkanes of at least 4 members (excludes halogenated alkanes) is 12. The molecule has 24 heavy (non-hydrogen) atoms. The topological polar surface area (TPSA) is 60.7 Å². The Morgan fingerprint density at radius 3 is 1.21 bits per heavy atom. The first-order valence-electron chi connectivity index (χ1n) is 10.3. The Balaban J connectivity index is 0. The van der Waals surface area contributed by atoms with Crippen molar-refractivity contribution in [2.24, 2.45) is 0 Å². The van der Waals surface area contributed by atoms with Crippen molar-refractivity contribution in [2.45, 2.75) is 110 Å². The molecule has 0 saturated carbocycles. The summed E-state index contributed by atoms with van der Waals surface area (Å²) in [6.45, 7) is 3.84. The van der Waals surface area contributed by atoms with Gasteiger partial charge in [0.25, 0.3) is 0 Å². The van der Waals surface area contributed by atoms with Gasteiger partial charge in [-0.1, -0.05) is 90.2 Å². The van der Waals surface area contributed by atoms with Gasteiger partial charge in [-0.3, -0.25) is 0 Å². The molecule has 0 aliphatic carbocycles. The lowest BCUT2D eigenvalue weighted by Crippen LogP contribution is -2.15. The molecule has 0 fully saturated rings. The summed E-state index contributed by atoms with van der Waals surface area (Å²) in [6, 6.07) is 0. The maximum atomic E-state index is 8.17. The number of rotatable bonds is 16. The smallest absolute Gasteiger partial charge is 0.100 e. The van der Waals surface area contributed by atoms with E-state index in [9.17, 15) is 0 Å². The summed E-state index contributed by atoms with van der Waals surface area (Å²) in [5, 5.41) is 24.0. The molecule has 0 unspecified atom stereocenters. The van der Waals surface area contributed by atoms with Crippen molar-refractivity contribution >= 4 is 0 Å². The first kappa shape index (κ1) is 25.9. The van der Waals surface area contributed by atoms with Crippen molar-refractivity contribution < 1.29 is 15.3 Å². The molecular formula is C21H44O3. The van der Waals surface area contributed by atoms with E-state index < -0.39 is 6.10 Å². The number of hydrogen-bond donors (Lipinski definition) is 3. The molecule has 0 aromatic heterocycles. The minimum Gasteiger partial charge on any atom is -0.394 e. The van der Waals surface area contributed by atoms with Gasteiger partial charge in [-0.05, 0) is 25.7 Å². The molecule has 146 valence electrons. The molecule has 3 N–H and O–H groups in total. The second-order valence-corrected chi connectivity index (χ2v) is 6.60. The highest BCUT2D eigenvalue weighted by Crippen LogP contribution is 2.09. The monoisotopic (exact) mass is 344 g/mol. The van der Waals surface area contributed by atoms with Crippen molar-refractivity contribution in [1.82, 2.24) is 0 Å². The number of aliphatic hydroxyl groups excluding tert-OH is 3. The maximum absolute atomic E-state index is 8.17. The standard InChI is InChI=1S/C18H36.C3H8O3/c1-3-5-7-9-11-13-15-17-18-16-14-12-10-8-6-4-2;4-1-3(6)2-5/h17-18H,3-16H2,1-2H3;3-6H,1-2H2. The predicted octanol–water partition coefficient (Wildman–Crippen LogP) is 5.38. The lowest BCUT2D eigenvalue weighted by atomic mass is 10.1. The Hall–Kier alpha value is -0.380. The average molecular weight is 345 g/mol. The molecule has 3 heteroatoms. The van der Waals surface area contributed by atoms with Gasteiger partial charge < -0.3 is 15.3 Å². The minimum atomic E-state index is -0.954. The third kappa shape index (κ3) is 26.5. The fourth-order valence-electron chi connectivity index (χ4n) is 2.38. The van der Waals surface area contributed by atoms with Gasteiger partial charge in [0, 0.05) is 0 Å². The second-order valence-electron chi connectivity index (χ2n) is 6.60. The quantitative estimate of drug-likeness (QED) is 0.260. The molecule has 0 atom stereocenters. The van der Waals surface area contributed by atoms with E-state index in [0.29, 0.717) is 0 Å². The van der Waals surface area contributed by atoms with Crippen LogP contribution in [0.5, 0.6) is 0 Å². The van der Waals surface area contributed by atoms with E-state index in [4.69, 9.17) is 15.3 Å². The van der Waals surface area contributed by atoms with Crippen LogP contribution in [0, 0.1) is 0 Å². The van der Waals surface area contributed by atoms with Gasteiger partial charge in [0.1, 0.15) is 6.10 Å². The van der Waals surface area contributed by atoms with Gasteiger partial charge in [-0.2, -0.15) is 0 Å². The van der Waals surface area contributed by atoms with E-state index in [1.54, 1.807) is 0 Å². The van der Waals surface area contributed by atoms with Gasteiger partial charge in [-0.25, -0.2) is 0 Å². The lowest BCUT2D eigenvalue weighted by Gasteiger charge is -1.98. The van der Waals surface area contributed by atoms with Crippen LogP contribution >= 0.6 is 0 Å². The van der Waals surface area contributed by atoms with E-state index in [-0.39, 0.29) is 13.2 Å². The summed E-state index contributed by atoms with van der Waals surface area (Å²) in [5.41, 5.74) is 0. The maximum Gasteiger partial charge on any atom is 0.100 e. The van der Waals surface area contributed by atoms with Gasteiger partial charge in [-0.15, -0.1) is 0 Å². The Morgan fingerprint density at radius 2 is 0.917 bits per heavy atom. The normalized spacial score (nSPS) is 11.1. The van der Waals surface area contributed by atoms with Crippen LogP contribution in [-0.4, -0.2) is 34.6 Å². The predicted molar refractivity (Wildman–Crippen MR) is 105 cm³/mol. The highest BCUT2D eigenvalue weighted by Gasteiger charge is 1.93. The zero-order chi connectivity index (χ0) is 18.3. The first-order chi connectivity index (χ1) is 11.7. The molecule has 0 heterocycles. The van der Waals surface area contributed by atoms with Crippen LogP contribution in [0.4, 0.5) is 0 Å². The third-order valence-corrected chi connectivity index (χ3v) is 4.04. The third-order valence-electron chi connectivity index (χ3n) is 4.04. The molecule has 0 radical (unpaired) electrons. The van der Waals surface area contributed by atoms with Crippen molar-refractivity contribution in [2.75, 3.05) is 13.2 Å². The van der Waals surface area contributed by atoms with Crippen molar-refractivity contribution in [3.63, 3.8) is 0 Å². The molecule has 0 saturated heterocycles. The largest absolute Gasteiger partial charge is 0.394 e. The molecule has 0 rings (SSSR count). The van der Waals surface area contributed by atoms with Gasteiger partial charge in [0.15, 0.2) is 0 Å². The van der Waals surface area contributed by atoms with E-state index in [1.807, 2.05) is 0 Å². The van der Waals surface area contributed by atoms with Crippen LogP contribution in [0.15, 0.2) is 12.2 Å². The molecule has 0 bridgehead atoms. The Labute approximate surface area is 151 Å². The van der Waals surface area contributed by atoms with Gasteiger partial charge in [0.2, 0.25) is 0 Å². The molecule has 0 aromatic carbocycles. The van der Waals surface area contributed by atoms with Gasteiger partial charge in [0.05, 0.1) is 13.2 Å². The molecule has 0 aliphatic heterocycles. The number of aliphatic hydroxyl groups is 3. The van der Waals surface area contributed by atoms with Crippen LogP contribution in [0.25, 0.3) is 0 Å². The summed E-state index contributed by atoms with van der Waals surface area (Å²) < 4.78 is 0. The van der Waals surface area contributed by atoms with Crippen molar-refractivity contribution in [1.29, 1.82) is 0 Å². The number of hydrogen-bond acceptors (Lipinski definition) is 3. The van der Waals surface area contributed by atoms with E-state index >= 15 is 0 Å². The van der Waals surface area contributed by atoms with Crippen LogP contribution in [0.1, 0.15) is 104 Å². The first-order valence-corrected chi connectivity index (χ1v) is 10.3. The summed E-state index contributed by atoms with van der Waals surface area (Å²) in [5.74, 6) is 0. The molecule has 0 amide bonds. The molecule has 0 aliphatic rings. The van der Waals surface area contributed by atoms with Crippen LogP contribution < -0.4 is 0 Å². The molecule has 3 nitrogen and oxygen atoms in total. The highest BCUT2D eigenvalue weighted by molar-refractivity contribution is 4.81. The van der Waals surface area contributed by atoms with Crippen LogP contribution in [0.3, 0.4) is 0 Å². The lowest BCUT2D eigenvalue weighted by molar-refractivity contribution is 0.0450. The Morgan fingerprint density at radius 1 is 0.583 bits per heavy atom. The van der Waals surface area contributed by atoms with E-state index in [0.717, 1.165) is 0 Å². The fourth-order valence-corrected chi connectivity index (χ4v) is 2.38. The van der Waals surface area contributed by atoms with Crippen molar-refractivity contribution in [3.8, 4) is 0 Å². The number of allylic oxidation sites excluding steroid dienone is 2. The van der Waals surface area contributed by atoms with E-state index in [1.165, 1.54) is 89.9 Å². The minimum absolute atomic E-state index is 0.365. The second kappa shape index (κ2) is 24.9. The summed E-state index contributed by atoms with van der Waals surface area (Å²) in [7, 11) is 0. The SMILES string of the molecule is CCCCCCCCC=CCCCCCCCC.OCC(O)CO. The molecular weight excluding hydrogens is 300 g/mol. The average Bonchev–Trinajstić information content (AvgIpc) is 2.62. The summed E-state index contributed by atoms with van der Waals surface area (Å²) in [4.78, 5) is 0. The van der Waals surface area contributed by atoms with Gasteiger partial charge >= 0.3 is 0 Å². The van der Waals surface area contributed by atoms with Crippen LogP contribution in [-0.2, 0) is 0 Å². The van der Waals surface area contributed by atoms with E-state index in [2.05, 4.69) is 26.0 Å². The zero-order valence-corrected chi connectivity index (χ0v) is 16.4. The molecule has 0 spiro atoms. The molecule has 0 aromatic rings. The fraction of sp³-hybridized carbons (Fsp3) is 0.905. The van der Waals surface area contributed by atoms with Crippen molar-refractivity contribution in [3.05, 3.63) is 12.2 Å². The Bertz CT molecular complexity index is 207. The summed E-state index contributed by atoms with van der Waals surface area (Å²) >= 11 is 0. The Kier molecular flexibility index (Phi) is 26.8. The zero-order valence-electron chi connectivity index (χ0n) is 16.4.